The average molecular weight is 256 g/mol. The van der Waals surface area contributed by atoms with Crippen LogP contribution in [0.4, 0.5) is 11.6 Å². The van der Waals surface area contributed by atoms with E-state index in [0.29, 0.717) is 17.8 Å². The van der Waals surface area contributed by atoms with Gasteiger partial charge in [-0.05, 0) is 37.8 Å². The van der Waals surface area contributed by atoms with E-state index in [4.69, 9.17) is 10.7 Å². The largest absolute Gasteiger partial charge is 0.381 e. The van der Waals surface area contributed by atoms with E-state index in [2.05, 4.69) is 23.7 Å². The van der Waals surface area contributed by atoms with E-state index in [1.54, 1.807) is 0 Å². The van der Waals surface area contributed by atoms with Gasteiger partial charge in [0.25, 0.3) is 0 Å². The Labute approximate surface area is 113 Å². The third kappa shape index (κ3) is 2.11. The molecular formula is C15H20N4. The Morgan fingerprint density at radius 2 is 1.84 bits per heavy atom. The lowest BCUT2D eigenvalue weighted by atomic mass is 9.92. The van der Waals surface area contributed by atoms with Crippen LogP contribution in [0.5, 0.6) is 0 Å². The summed E-state index contributed by atoms with van der Waals surface area (Å²) in [7, 11) is 0. The van der Waals surface area contributed by atoms with Gasteiger partial charge in [-0.25, -0.2) is 9.97 Å². The Bertz CT molecular complexity index is 596. The number of anilines is 2. The van der Waals surface area contributed by atoms with Gasteiger partial charge in [0.05, 0.1) is 11.0 Å². The number of nitrogens with zero attached hydrogens (tertiary/aromatic N) is 3. The third-order valence-electron chi connectivity index (χ3n) is 4.22. The number of benzene rings is 1. The van der Waals surface area contributed by atoms with Crippen molar-refractivity contribution in [2.45, 2.75) is 32.7 Å². The zero-order valence-electron chi connectivity index (χ0n) is 11.5. The molecule has 2 N–H and O–H groups in total. The number of para-hydroxylation sites is 2. The lowest BCUT2D eigenvalue weighted by Gasteiger charge is -2.39. The van der Waals surface area contributed by atoms with Gasteiger partial charge in [-0.15, -0.1) is 0 Å². The van der Waals surface area contributed by atoms with Gasteiger partial charge in [-0.2, -0.15) is 0 Å². The van der Waals surface area contributed by atoms with Crippen molar-refractivity contribution in [2.75, 3.05) is 17.2 Å². The van der Waals surface area contributed by atoms with Gasteiger partial charge in [0, 0.05) is 12.6 Å². The summed E-state index contributed by atoms with van der Waals surface area (Å²) in [6.45, 7) is 5.56. The number of nitrogens with two attached hydrogens (primary N) is 1. The summed E-state index contributed by atoms with van der Waals surface area (Å²) in [4.78, 5) is 11.5. The Kier molecular flexibility index (Phi) is 3.01. The number of hydrogen-bond donors (Lipinski definition) is 1. The van der Waals surface area contributed by atoms with Crippen LogP contribution < -0.4 is 10.6 Å². The highest BCUT2D eigenvalue weighted by atomic mass is 15.2. The smallest absolute Gasteiger partial charge is 0.172 e. The third-order valence-corrected chi connectivity index (χ3v) is 4.22. The molecule has 100 valence electrons. The summed E-state index contributed by atoms with van der Waals surface area (Å²) >= 11 is 0. The molecule has 1 aliphatic rings. The van der Waals surface area contributed by atoms with Crippen LogP contribution in [0.2, 0.25) is 0 Å². The van der Waals surface area contributed by atoms with Crippen LogP contribution in [0.25, 0.3) is 11.0 Å². The van der Waals surface area contributed by atoms with Gasteiger partial charge in [0.2, 0.25) is 0 Å². The first kappa shape index (κ1) is 12.2. The Balaban J connectivity index is 2.06. The molecule has 1 aliphatic heterocycles. The molecule has 0 saturated carbocycles. The first-order valence-corrected chi connectivity index (χ1v) is 6.95. The van der Waals surface area contributed by atoms with Crippen LogP contribution >= 0.6 is 0 Å². The van der Waals surface area contributed by atoms with Crippen LogP contribution in [0.15, 0.2) is 24.3 Å². The minimum Gasteiger partial charge on any atom is -0.381 e. The number of nitrogen functional groups attached to an aromatic ring is 1. The van der Waals surface area contributed by atoms with Crippen molar-refractivity contribution in [3.05, 3.63) is 24.3 Å². The lowest BCUT2D eigenvalue weighted by Crippen LogP contribution is -2.43. The van der Waals surface area contributed by atoms with Crippen LogP contribution in [0, 0.1) is 5.92 Å². The van der Waals surface area contributed by atoms with Crippen molar-refractivity contribution in [3.8, 4) is 0 Å². The molecule has 0 aliphatic carbocycles. The summed E-state index contributed by atoms with van der Waals surface area (Å²) in [5.41, 5.74) is 7.89. The van der Waals surface area contributed by atoms with E-state index >= 15 is 0 Å². The van der Waals surface area contributed by atoms with E-state index in [9.17, 15) is 0 Å². The maximum Gasteiger partial charge on any atom is 0.172 e. The molecule has 1 fully saturated rings. The first-order chi connectivity index (χ1) is 9.16. The van der Waals surface area contributed by atoms with Crippen molar-refractivity contribution >= 4 is 22.7 Å². The number of piperidine rings is 1. The fraction of sp³-hybridized carbons (Fsp3) is 0.467. The minimum absolute atomic E-state index is 0.464. The number of rotatable bonds is 1. The summed E-state index contributed by atoms with van der Waals surface area (Å²) in [6, 6.07) is 8.35. The molecule has 0 spiro atoms. The zero-order chi connectivity index (χ0) is 13.4. The Morgan fingerprint density at radius 1 is 1.16 bits per heavy atom. The molecule has 2 unspecified atom stereocenters. The second kappa shape index (κ2) is 4.68. The van der Waals surface area contributed by atoms with Crippen molar-refractivity contribution in [2.24, 2.45) is 5.92 Å². The Hall–Kier alpha value is -1.84. The predicted molar refractivity (Wildman–Crippen MR) is 79.2 cm³/mol. The topological polar surface area (TPSA) is 55.0 Å². The molecule has 2 heterocycles. The highest BCUT2D eigenvalue weighted by Crippen LogP contribution is 2.30. The summed E-state index contributed by atoms with van der Waals surface area (Å²) in [6.07, 6.45) is 2.47. The number of aromatic nitrogens is 2. The molecule has 0 amide bonds. The SMILES string of the molecule is CC1CCCN(c2nc3ccccc3nc2N)C1C. The molecule has 2 atom stereocenters. The molecule has 1 aromatic heterocycles. The molecule has 3 rings (SSSR count). The minimum atomic E-state index is 0.464. The van der Waals surface area contributed by atoms with E-state index in [0.717, 1.165) is 23.4 Å². The monoisotopic (exact) mass is 256 g/mol. The zero-order valence-corrected chi connectivity index (χ0v) is 11.5. The molecule has 2 aromatic rings. The van der Waals surface area contributed by atoms with Gasteiger partial charge >= 0.3 is 0 Å². The van der Waals surface area contributed by atoms with Gasteiger partial charge in [0.1, 0.15) is 0 Å². The van der Waals surface area contributed by atoms with Crippen molar-refractivity contribution in [1.29, 1.82) is 0 Å². The molecule has 19 heavy (non-hydrogen) atoms. The molecular weight excluding hydrogens is 236 g/mol. The fourth-order valence-corrected chi connectivity index (χ4v) is 2.85. The summed E-state index contributed by atoms with van der Waals surface area (Å²) in [5.74, 6) is 2.05. The quantitative estimate of drug-likeness (QED) is 0.852. The summed E-state index contributed by atoms with van der Waals surface area (Å²) in [5, 5.41) is 0. The van der Waals surface area contributed by atoms with Crippen molar-refractivity contribution in [1.82, 2.24) is 9.97 Å². The number of fused-ring (bicyclic) bond motifs is 1. The van der Waals surface area contributed by atoms with E-state index in [1.165, 1.54) is 12.8 Å². The van der Waals surface area contributed by atoms with Crippen molar-refractivity contribution < 1.29 is 0 Å². The van der Waals surface area contributed by atoms with Gasteiger partial charge in [-0.1, -0.05) is 19.1 Å². The van der Waals surface area contributed by atoms with E-state index < -0.39 is 0 Å². The van der Waals surface area contributed by atoms with Crippen LogP contribution in [-0.4, -0.2) is 22.6 Å². The molecule has 0 bridgehead atoms. The van der Waals surface area contributed by atoms with Crippen LogP contribution in [-0.2, 0) is 0 Å². The van der Waals surface area contributed by atoms with Gasteiger partial charge in [-0.3, -0.25) is 0 Å². The second-order valence-electron chi connectivity index (χ2n) is 5.47. The molecule has 4 nitrogen and oxygen atoms in total. The highest BCUT2D eigenvalue weighted by Gasteiger charge is 2.27. The highest BCUT2D eigenvalue weighted by molar-refractivity contribution is 5.79. The number of hydrogen-bond acceptors (Lipinski definition) is 4. The average Bonchev–Trinajstić information content (AvgIpc) is 2.41. The van der Waals surface area contributed by atoms with Crippen molar-refractivity contribution in [3.63, 3.8) is 0 Å². The first-order valence-electron chi connectivity index (χ1n) is 6.95. The predicted octanol–water partition coefficient (Wildman–Crippen LogP) is 2.84. The Morgan fingerprint density at radius 3 is 2.58 bits per heavy atom. The summed E-state index contributed by atoms with van der Waals surface area (Å²) < 4.78 is 0. The van der Waals surface area contributed by atoms with Gasteiger partial charge in [0.15, 0.2) is 11.6 Å². The fourth-order valence-electron chi connectivity index (χ4n) is 2.85. The molecule has 1 aromatic carbocycles. The van der Waals surface area contributed by atoms with Crippen LogP contribution in [0.3, 0.4) is 0 Å². The van der Waals surface area contributed by atoms with E-state index in [-0.39, 0.29) is 0 Å². The maximum absolute atomic E-state index is 6.11. The molecule has 1 saturated heterocycles. The van der Waals surface area contributed by atoms with Crippen LogP contribution in [0.1, 0.15) is 26.7 Å². The normalized spacial score (nSPS) is 23.8. The second-order valence-corrected chi connectivity index (χ2v) is 5.47. The molecule has 4 heteroatoms. The van der Waals surface area contributed by atoms with E-state index in [1.807, 2.05) is 24.3 Å². The standard InChI is InChI=1S/C15H20N4/c1-10-6-5-9-19(11(10)2)15-14(16)17-12-7-3-4-8-13(12)18-15/h3-4,7-8,10-11H,5-6,9H2,1-2H3,(H2,16,17). The maximum atomic E-state index is 6.11. The lowest BCUT2D eigenvalue weighted by molar-refractivity contribution is 0.362. The molecule has 0 radical (unpaired) electrons. The van der Waals surface area contributed by atoms with Gasteiger partial charge < -0.3 is 10.6 Å².